The molecule has 3 aromatic heterocycles. The maximum absolute atomic E-state index is 13.0. The van der Waals surface area contributed by atoms with Crippen molar-refractivity contribution in [1.82, 2.24) is 9.38 Å². The zero-order valence-electron chi connectivity index (χ0n) is 19.8. The summed E-state index contributed by atoms with van der Waals surface area (Å²) in [7, 11) is 0. The van der Waals surface area contributed by atoms with Crippen molar-refractivity contribution in [1.29, 1.82) is 0 Å². The minimum absolute atomic E-state index is 0.0583. The van der Waals surface area contributed by atoms with Crippen LogP contribution < -0.4 is 5.32 Å². The third-order valence-electron chi connectivity index (χ3n) is 5.08. The highest BCUT2D eigenvalue weighted by Gasteiger charge is 2.28. The van der Waals surface area contributed by atoms with Gasteiger partial charge in [-0.25, -0.2) is 14.6 Å². The van der Waals surface area contributed by atoms with Crippen LogP contribution in [0, 0.1) is 26.7 Å². The molecule has 3 heterocycles. The van der Waals surface area contributed by atoms with Crippen molar-refractivity contribution in [3.8, 4) is 0 Å². The molecule has 0 atom stereocenters. The zero-order chi connectivity index (χ0) is 24.3. The van der Waals surface area contributed by atoms with Crippen molar-refractivity contribution in [2.75, 3.05) is 18.5 Å². The first-order valence-electron chi connectivity index (χ1n) is 10.8. The van der Waals surface area contributed by atoms with Crippen LogP contribution in [0.2, 0.25) is 0 Å². The number of aromatic nitrogens is 2. The fourth-order valence-electron chi connectivity index (χ4n) is 3.46. The smallest absolute Gasteiger partial charge is 0.348 e. The number of hydrogen-bond donors (Lipinski definition) is 1. The van der Waals surface area contributed by atoms with Crippen LogP contribution in [0.15, 0.2) is 18.3 Å². The fraction of sp³-hybridized carbons (Fsp3) is 0.417. The molecule has 0 spiro atoms. The quantitative estimate of drug-likeness (QED) is 0.486. The van der Waals surface area contributed by atoms with E-state index in [4.69, 9.17) is 9.47 Å². The van der Waals surface area contributed by atoms with Crippen molar-refractivity contribution >= 4 is 39.8 Å². The standard InChI is InChI=1S/C24H29N3O5S/c1-7-31-23(29)19-15(5)20(24(30)32-12-13(2)3)33-22(19)26-18(28)11-17-16(6)25-21-14(4)9-8-10-27(17)21/h8-10,13H,7,11-12H2,1-6H3,(H,26,28). The predicted octanol–water partition coefficient (Wildman–Crippen LogP) is 4.49. The number of amides is 1. The van der Waals surface area contributed by atoms with Crippen LogP contribution >= 0.6 is 11.3 Å². The van der Waals surface area contributed by atoms with E-state index in [0.717, 1.165) is 33.9 Å². The Morgan fingerprint density at radius 1 is 1.15 bits per heavy atom. The Morgan fingerprint density at radius 3 is 2.55 bits per heavy atom. The van der Waals surface area contributed by atoms with Crippen LogP contribution in [0.4, 0.5) is 5.00 Å². The Bertz CT molecular complexity index is 1210. The van der Waals surface area contributed by atoms with E-state index in [0.29, 0.717) is 5.56 Å². The van der Waals surface area contributed by atoms with Gasteiger partial charge in [0.05, 0.1) is 36.6 Å². The lowest BCUT2D eigenvalue weighted by molar-refractivity contribution is -0.115. The lowest BCUT2D eigenvalue weighted by Gasteiger charge is -2.08. The van der Waals surface area contributed by atoms with Crippen molar-refractivity contribution in [2.45, 2.75) is 48.0 Å². The molecule has 0 radical (unpaired) electrons. The molecule has 0 fully saturated rings. The average Bonchev–Trinajstić information content (AvgIpc) is 3.24. The second-order valence-electron chi connectivity index (χ2n) is 8.23. The van der Waals surface area contributed by atoms with Crippen molar-refractivity contribution in [2.24, 2.45) is 5.92 Å². The molecule has 0 bridgehead atoms. The van der Waals surface area contributed by atoms with E-state index in [9.17, 15) is 14.4 Å². The minimum Gasteiger partial charge on any atom is -0.462 e. The van der Waals surface area contributed by atoms with Gasteiger partial charge in [-0.3, -0.25) is 4.79 Å². The van der Waals surface area contributed by atoms with Gasteiger partial charge in [0.25, 0.3) is 0 Å². The van der Waals surface area contributed by atoms with Gasteiger partial charge in [-0.1, -0.05) is 19.9 Å². The first-order valence-corrected chi connectivity index (χ1v) is 11.7. The molecular formula is C24H29N3O5S. The third-order valence-corrected chi connectivity index (χ3v) is 6.27. The molecule has 0 unspecified atom stereocenters. The Hall–Kier alpha value is -3.20. The Kier molecular flexibility index (Phi) is 7.53. The number of hydrogen-bond acceptors (Lipinski definition) is 7. The van der Waals surface area contributed by atoms with Crippen LogP contribution in [0.1, 0.15) is 63.3 Å². The van der Waals surface area contributed by atoms with Gasteiger partial charge < -0.3 is 19.2 Å². The number of fused-ring (bicyclic) bond motifs is 1. The molecule has 1 amide bonds. The van der Waals surface area contributed by atoms with Gasteiger partial charge in [0.1, 0.15) is 15.5 Å². The first kappa shape index (κ1) is 24.4. The van der Waals surface area contributed by atoms with Gasteiger partial charge in [-0.2, -0.15) is 0 Å². The number of aryl methyl sites for hydroxylation is 2. The van der Waals surface area contributed by atoms with Crippen LogP contribution in [-0.4, -0.2) is 40.4 Å². The first-order chi connectivity index (χ1) is 15.6. The molecule has 3 rings (SSSR count). The fourth-order valence-corrected chi connectivity index (χ4v) is 4.56. The number of rotatable bonds is 8. The van der Waals surface area contributed by atoms with Gasteiger partial charge in [0.2, 0.25) is 5.91 Å². The van der Waals surface area contributed by atoms with Gasteiger partial charge in [0, 0.05) is 6.20 Å². The summed E-state index contributed by atoms with van der Waals surface area (Å²) >= 11 is 1.02. The van der Waals surface area contributed by atoms with E-state index in [1.807, 2.05) is 50.4 Å². The second-order valence-corrected chi connectivity index (χ2v) is 9.25. The Balaban J connectivity index is 1.90. The normalized spacial score (nSPS) is 11.1. The Labute approximate surface area is 196 Å². The lowest BCUT2D eigenvalue weighted by Crippen LogP contribution is -2.18. The molecular weight excluding hydrogens is 442 g/mol. The number of nitrogens with zero attached hydrogens (tertiary/aromatic N) is 2. The van der Waals surface area contributed by atoms with E-state index in [2.05, 4.69) is 10.3 Å². The molecule has 3 aromatic rings. The summed E-state index contributed by atoms with van der Waals surface area (Å²) in [5, 5.41) is 3.08. The molecule has 33 heavy (non-hydrogen) atoms. The SMILES string of the molecule is CCOC(=O)c1c(NC(=O)Cc2c(C)nc3c(C)cccn23)sc(C(=O)OCC(C)C)c1C. The molecule has 0 saturated carbocycles. The van der Waals surface area contributed by atoms with E-state index in [1.54, 1.807) is 13.8 Å². The number of thiophene rings is 1. The van der Waals surface area contributed by atoms with Crippen molar-refractivity contribution in [3.05, 3.63) is 51.3 Å². The number of nitrogens with one attached hydrogen (secondary N) is 1. The van der Waals surface area contributed by atoms with Gasteiger partial charge in [-0.05, 0) is 50.8 Å². The number of imidazole rings is 1. The van der Waals surface area contributed by atoms with E-state index in [-0.39, 0.29) is 46.9 Å². The maximum Gasteiger partial charge on any atom is 0.348 e. The lowest BCUT2D eigenvalue weighted by atomic mass is 10.1. The zero-order valence-corrected chi connectivity index (χ0v) is 20.6. The molecule has 8 nitrogen and oxygen atoms in total. The van der Waals surface area contributed by atoms with Crippen LogP contribution in [0.25, 0.3) is 5.65 Å². The average molecular weight is 472 g/mol. The van der Waals surface area contributed by atoms with E-state index < -0.39 is 11.9 Å². The maximum atomic E-state index is 13.0. The van der Waals surface area contributed by atoms with E-state index >= 15 is 0 Å². The van der Waals surface area contributed by atoms with E-state index in [1.165, 1.54) is 0 Å². The number of pyridine rings is 1. The summed E-state index contributed by atoms with van der Waals surface area (Å²) in [6.45, 7) is 11.5. The number of ether oxygens (including phenoxy) is 2. The molecule has 0 aliphatic carbocycles. The molecule has 0 aliphatic rings. The summed E-state index contributed by atoms with van der Waals surface area (Å²) in [4.78, 5) is 43.0. The largest absolute Gasteiger partial charge is 0.462 e. The van der Waals surface area contributed by atoms with Gasteiger partial charge in [0.15, 0.2) is 0 Å². The molecule has 0 aromatic carbocycles. The number of carbonyl (C=O) groups excluding carboxylic acids is 3. The van der Waals surface area contributed by atoms with Gasteiger partial charge in [-0.15, -0.1) is 11.3 Å². The van der Waals surface area contributed by atoms with Crippen LogP contribution in [-0.2, 0) is 20.7 Å². The predicted molar refractivity (Wildman–Crippen MR) is 127 cm³/mol. The number of anilines is 1. The highest BCUT2D eigenvalue weighted by atomic mass is 32.1. The molecule has 1 N–H and O–H groups in total. The van der Waals surface area contributed by atoms with Crippen molar-refractivity contribution < 1.29 is 23.9 Å². The monoisotopic (exact) mass is 471 g/mol. The molecule has 176 valence electrons. The minimum atomic E-state index is -0.592. The van der Waals surface area contributed by atoms with Crippen LogP contribution in [0.5, 0.6) is 0 Å². The highest BCUT2D eigenvalue weighted by Crippen LogP contribution is 2.34. The Morgan fingerprint density at radius 2 is 1.88 bits per heavy atom. The molecule has 9 heteroatoms. The molecule has 0 aliphatic heterocycles. The molecule has 0 saturated heterocycles. The van der Waals surface area contributed by atoms with Crippen molar-refractivity contribution in [3.63, 3.8) is 0 Å². The summed E-state index contributed by atoms with van der Waals surface area (Å²) in [5.74, 6) is -1.26. The van der Waals surface area contributed by atoms with Gasteiger partial charge >= 0.3 is 11.9 Å². The topological polar surface area (TPSA) is 99.0 Å². The summed E-state index contributed by atoms with van der Waals surface area (Å²) in [5.41, 5.74) is 3.93. The highest BCUT2D eigenvalue weighted by molar-refractivity contribution is 7.18. The second kappa shape index (κ2) is 10.2. The third kappa shape index (κ3) is 5.24. The summed E-state index contributed by atoms with van der Waals surface area (Å²) in [6, 6.07) is 3.87. The summed E-state index contributed by atoms with van der Waals surface area (Å²) in [6.07, 6.45) is 1.93. The summed E-state index contributed by atoms with van der Waals surface area (Å²) < 4.78 is 12.4. The van der Waals surface area contributed by atoms with Crippen LogP contribution in [0.3, 0.4) is 0 Å². The number of carbonyl (C=O) groups is 3. The number of esters is 2.